The molecule has 0 fully saturated rings. The van der Waals surface area contributed by atoms with Crippen molar-refractivity contribution in [3.63, 3.8) is 0 Å². The van der Waals surface area contributed by atoms with Crippen molar-refractivity contribution in [2.24, 2.45) is 0 Å². The normalized spacial score (nSPS) is 15.3. The number of alkyl halides is 1. The summed E-state index contributed by atoms with van der Waals surface area (Å²) in [5.74, 6) is 1.28. The van der Waals surface area contributed by atoms with Crippen LogP contribution in [0.5, 0.6) is 5.75 Å². The Morgan fingerprint density at radius 3 is 2.65 bits per heavy atom. The number of methoxy groups -OCH3 is 1. The van der Waals surface area contributed by atoms with Crippen LogP contribution >= 0.6 is 11.6 Å². The van der Waals surface area contributed by atoms with Crippen LogP contribution < -0.4 is 15.0 Å². The summed E-state index contributed by atoms with van der Waals surface area (Å²) in [6.07, 6.45) is 5.27. The molecule has 1 aliphatic rings. The van der Waals surface area contributed by atoms with E-state index >= 15 is 0 Å². The molecule has 3 aromatic rings. The van der Waals surface area contributed by atoms with E-state index in [-0.39, 0.29) is 11.8 Å². The van der Waals surface area contributed by atoms with Crippen molar-refractivity contribution < 1.29 is 9.53 Å². The second kappa shape index (κ2) is 9.27. The monoisotopic (exact) mass is 432 g/mol. The highest BCUT2D eigenvalue weighted by Gasteiger charge is 2.33. The Morgan fingerprint density at radius 1 is 1.23 bits per heavy atom. The first kappa shape index (κ1) is 21.0. The molecule has 0 radical (unpaired) electrons. The van der Waals surface area contributed by atoms with E-state index in [0.29, 0.717) is 19.0 Å². The van der Waals surface area contributed by atoms with E-state index in [4.69, 9.17) is 16.3 Å². The van der Waals surface area contributed by atoms with Gasteiger partial charge in [0.25, 0.3) is 5.91 Å². The molecule has 31 heavy (non-hydrogen) atoms. The van der Waals surface area contributed by atoms with Crippen molar-refractivity contribution in [2.45, 2.75) is 5.92 Å². The highest BCUT2D eigenvalue weighted by atomic mass is 35.5. The van der Waals surface area contributed by atoms with Gasteiger partial charge in [-0.25, -0.2) is 0 Å². The summed E-state index contributed by atoms with van der Waals surface area (Å²) in [5.41, 5.74) is 3.98. The number of nitrogens with zero attached hydrogens (tertiary/aromatic N) is 1. The van der Waals surface area contributed by atoms with Gasteiger partial charge in [0.2, 0.25) is 0 Å². The fourth-order valence-electron chi connectivity index (χ4n) is 4.08. The molecule has 1 unspecified atom stereocenters. The second-order valence-corrected chi connectivity index (χ2v) is 7.79. The van der Waals surface area contributed by atoms with Crippen LogP contribution in [0, 0.1) is 0 Å². The van der Waals surface area contributed by atoms with Crippen LogP contribution in [0.3, 0.4) is 0 Å². The lowest BCUT2D eigenvalue weighted by molar-refractivity contribution is -0.114. The second-order valence-electron chi connectivity index (χ2n) is 7.48. The van der Waals surface area contributed by atoms with E-state index in [1.165, 1.54) is 0 Å². The van der Waals surface area contributed by atoms with Crippen molar-refractivity contribution in [3.8, 4) is 5.75 Å². The molecule has 3 aromatic carbocycles. The third kappa shape index (κ3) is 4.17. The SMILES string of the molecule is C=CCNc1cc2c(c3ccccc13)C(CCl)CN2C(=O)C=Cc1ccc(OC)cc1. The maximum absolute atomic E-state index is 13.2. The number of halogens is 1. The predicted molar refractivity (Wildman–Crippen MR) is 130 cm³/mol. The zero-order valence-electron chi connectivity index (χ0n) is 17.5. The first-order valence-electron chi connectivity index (χ1n) is 10.3. The van der Waals surface area contributed by atoms with Gasteiger partial charge in [-0.05, 0) is 40.8 Å². The number of anilines is 2. The maximum atomic E-state index is 13.2. The van der Waals surface area contributed by atoms with Gasteiger partial charge in [0, 0.05) is 42.0 Å². The summed E-state index contributed by atoms with van der Waals surface area (Å²) in [6.45, 7) is 5.01. The fourth-order valence-corrected chi connectivity index (χ4v) is 4.33. The minimum Gasteiger partial charge on any atom is -0.497 e. The summed E-state index contributed by atoms with van der Waals surface area (Å²) >= 11 is 6.33. The van der Waals surface area contributed by atoms with Gasteiger partial charge < -0.3 is 15.0 Å². The number of hydrogen-bond acceptors (Lipinski definition) is 3. The first-order chi connectivity index (χ1) is 15.2. The first-order valence-corrected chi connectivity index (χ1v) is 10.8. The lowest BCUT2D eigenvalue weighted by atomic mass is 9.95. The van der Waals surface area contributed by atoms with Crippen molar-refractivity contribution >= 4 is 45.7 Å². The molecule has 1 atom stereocenters. The highest BCUT2D eigenvalue weighted by Crippen LogP contribution is 2.44. The third-order valence-corrected chi connectivity index (χ3v) is 5.96. The molecule has 0 saturated heterocycles. The molecule has 4 nitrogen and oxygen atoms in total. The molecule has 158 valence electrons. The van der Waals surface area contributed by atoms with E-state index in [9.17, 15) is 4.79 Å². The van der Waals surface area contributed by atoms with E-state index in [0.717, 1.165) is 39.0 Å². The van der Waals surface area contributed by atoms with Crippen molar-refractivity contribution in [1.29, 1.82) is 0 Å². The molecule has 1 heterocycles. The highest BCUT2D eigenvalue weighted by molar-refractivity contribution is 6.19. The van der Waals surface area contributed by atoms with Gasteiger partial charge in [-0.1, -0.05) is 42.5 Å². The molecule has 0 saturated carbocycles. The Bertz CT molecular complexity index is 1140. The Morgan fingerprint density at radius 2 is 1.97 bits per heavy atom. The molecule has 0 aromatic heterocycles. The number of ether oxygens (including phenoxy) is 1. The van der Waals surface area contributed by atoms with Crippen LogP contribution in [0.15, 0.2) is 73.3 Å². The van der Waals surface area contributed by atoms with Crippen molar-refractivity contribution in [3.05, 3.63) is 84.5 Å². The largest absolute Gasteiger partial charge is 0.497 e. The van der Waals surface area contributed by atoms with Crippen LogP contribution in [0.25, 0.3) is 16.8 Å². The lowest BCUT2D eigenvalue weighted by Crippen LogP contribution is -2.28. The average molecular weight is 433 g/mol. The van der Waals surface area contributed by atoms with Crippen molar-refractivity contribution in [2.75, 3.05) is 36.3 Å². The Kier molecular flexibility index (Phi) is 6.28. The molecule has 0 aliphatic carbocycles. The number of carbonyl (C=O) groups is 1. The Hall–Kier alpha value is -3.24. The zero-order chi connectivity index (χ0) is 21.8. The quantitative estimate of drug-likeness (QED) is 0.290. The van der Waals surface area contributed by atoms with Gasteiger partial charge in [0.05, 0.1) is 12.8 Å². The van der Waals surface area contributed by atoms with Gasteiger partial charge in [-0.15, -0.1) is 18.2 Å². The standard InChI is InChI=1S/C26H25ClN2O2/c1-3-14-28-23-15-24-26(22-7-5-4-6-21(22)23)19(16-27)17-29(24)25(30)13-10-18-8-11-20(31-2)12-9-18/h3-13,15,19,28H,1,14,16-17H2,2H3. The average Bonchev–Trinajstić information content (AvgIpc) is 3.20. The van der Waals surface area contributed by atoms with Gasteiger partial charge in [-0.2, -0.15) is 0 Å². The predicted octanol–water partition coefficient (Wildman–Crippen LogP) is 5.83. The number of fused-ring (bicyclic) bond motifs is 3. The van der Waals surface area contributed by atoms with Gasteiger partial charge in [0.15, 0.2) is 0 Å². The number of amides is 1. The molecule has 1 amide bonds. The van der Waals surface area contributed by atoms with E-state index in [1.54, 1.807) is 13.2 Å². The number of nitrogens with one attached hydrogen (secondary N) is 1. The van der Waals surface area contributed by atoms with Crippen LogP contribution in [0.4, 0.5) is 11.4 Å². The van der Waals surface area contributed by atoms with E-state index < -0.39 is 0 Å². The van der Waals surface area contributed by atoms with Crippen LogP contribution in [-0.2, 0) is 4.79 Å². The van der Waals surface area contributed by atoms with E-state index in [2.05, 4.69) is 30.1 Å². The number of benzene rings is 3. The lowest BCUT2D eigenvalue weighted by Gasteiger charge is -2.18. The molecule has 1 N–H and O–H groups in total. The number of rotatable bonds is 7. The molecule has 5 heteroatoms. The summed E-state index contributed by atoms with van der Waals surface area (Å²) in [4.78, 5) is 15.0. The number of carbonyl (C=O) groups excluding carboxylic acids is 1. The molecular formula is C26H25ClN2O2. The Labute approximate surface area is 187 Å². The molecule has 1 aliphatic heterocycles. The molecule has 0 spiro atoms. The summed E-state index contributed by atoms with van der Waals surface area (Å²) in [6, 6.07) is 17.9. The van der Waals surface area contributed by atoms with Gasteiger partial charge >= 0.3 is 0 Å². The van der Waals surface area contributed by atoms with Gasteiger partial charge in [-0.3, -0.25) is 4.79 Å². The molecule has 0 bridgehead atoms. The minimum atomic E-state index is -0.0605. The summed E-state index contributed by atoms with van der Waals surface area (Å²) in [7, 11) is 1.63. The summed E-state index contributed by atoms with van der Waals surface area (Å²) < 4.78 is 5.19. The van der Waals surface area contributed by atoms with Crippen molar-refractivity contribution in [1.82, 2.24) is 0 Å². The van der Waals surface area contributed by atoms with Crippen LogP contribution in [0.2, 0.25) is 0 Å². The van der Waals surface area contributed by atoms with E-state index in [1.807, 2.05) is 53.5 Å². The minimum absolute atomic E-state index is 0.0605. The van der Waals surface area contributed by atoms with Crippen LogP contribution in [0.1, 0.15) is 17.0 Å². The van der Waals surface area contributed by atoms with Gasteiger partial charge in [0.1, 0.15) is 5.75 Å². The van der Waals surface area contributed by atoms with Crippen LogP contribution in [-0.4, -0.2) is 32.0 Å². The maximum Gasteiger partial charge on any atom is 0.251 e. The fraction of sp³-hybridized carbons (Fsp3) is 0.192. The smallest absolute Gasteiger partial charge is 0.251 e. The third-order valence-electron chi connectivity index (χ3n) is 5.59. The summed E-state index contributed by atoms with van der Waals surface area (Å²) in [5, 5.41) is 5.67. The number of hydrogen-bond donors (Lipinski definition) is 1. The Balaban J connectivity index is 1.71. The molecule has 4 rings (SSSR count). The molecular weight excluding hydrogens is 408 g/mol. The topological polar surface area (TPSA) is 41.6 Å². The zero-order valence-corrected chi connectivity index (χ0v) is 18.2.